The number of hydrogen-bond donors (Lipinski definition) is 1. The van der Waals surface area contributed by atoms with Crippen LogP contribution in [0.3, 0.4) is 0 Å². The molecule has 0 atom stereocenters. The van der Waals surface area contributed by atoms with Crippen LogP contribution in [-0.2, 0) is 4.79 Å². The number of amides is 1. The van der Waals surface area contributed by atoms with Gasteiger partial charge in [0, 0.05) is 16.3 Å². The molecule has 0 fully saturated rings. The number of carbonyl (C=O) groups excluding carboxylic acids is 1. The molecule has 0 saturated carbocycles. The molecule has 1 amide bonds. The van der Waals surface area contributed by atoms with Crippen LogP contribution < -0.4 is 5.32 Å². The van der Waals surface area contributed by atoms with Crippen LogP contribution in [0.1, 0.15) is 5.56 Å². The molecular formula is C17H13ClFN3O2S. The first kappa shape index (κ1) is 17.4. The molecule has 0 aliphatic heterocycles. The van der Waals surface area contributed by atoms with Crippen molar-refractivity contribution in [1.29, 1.82) is 0 Å². The summed E-state index contributed by atoms with van der Waals surface area (Å²) < 4.78 is 18.6. The molecule has 0 radical (unpaired) electrons. The van der Waals surface area contributed by atoms with E-state index >= 15 is 0 Å². The van der Waals surface area contributed by atoms with Crippen molar-refractivity contribution in [1.82, 2.24) is 10.2 Å². The molecule has 0 spiro atoms. The molecule has 25 heavy (non-hydrogen) atoms. The second-order valence-corrected chi connectivity index (χ2v) is 6.54. The Balaban J connectivity index is 1.59. The molecule has 8 heteroatoms. The van der Waals surface area contributed by atoms with Crippen molar-refractivity contribution in [2.45, 2.75) is 12.1 Å². The number of thioether (sulfide) groups is 1. The van der Waals surface area contributed by atoms with Gasteiger partial charge in [0.25, 0.3) is 5.22 Å². The lowest BCUT2D eigenvalue weighted by molar-refractivity contribution is -0.113. The molecule has 5 nitrogen and oxygen atoms in total. The van der Waals surface area contributed by atoms with Crippen LogP contribution in [0.2, 0.25) is 5.02 Å². The first-order chi connectivity index (χ1) is 12.0. The number of hydrogen-bond acceptors (Lipinski definition) is 5. The Labute approximate surface area is 152 Å². The highest BCUT2D eigenvalue weighted by molar-refractivity contribution is 7.99. The highest BCUT2D eigenvalue weighted by atomic mass is 35.5. The Bertz CT molecular complexity index is 916. The standard InChI is InChI=1S/C17H13ClFN3O2S/c1-10-7-13(19)5-6-14(10)20-15(23)9-25-17-22-21-16(24-17)11-3-2-4-12(18)8-11/h2-8H,9H2,1H3,(H,20,23). The fraction of sp³-hybridized carbons (Fsp3) is 0.118. The zero-order chi connectivity index (χ0) is 17.8. The van der Waals surface area contributed by atoms with E-state index in [0.29, 0.717) is 27.7 Å². The van der Waals surface area contributed by atoms with E-state index in [4.69, 9.17) is 16.0 Å². The molecule has 0 aliphatic carbocycles. The summed E-state index contributed by atoms with van der Waals surface area (Å²) in [5, 5.41) is 11.4. The molecule has 0 aliphatic rings. The molecule has 1 aromatic heterocycles. The van der Waals surface area contributed by atoms with Crippen molar-refractivity contribution < 1.29 is 13.6 Å². The SMILES string of the molecule is Cc1cc(F)ccc1NC(=O)CSc1nnc(-c2cccc(Cl)c2)o1. The van der Waals surface area contributed by atoms with Crippen LogP contribution >= 0.6 is 23.4 Å². The van der Waals surface area contributed by atoms with Gasteiger partial charge in [-0.05, 0) is 48.9 Å². The number of rotatable bonds is 5. The average Bonchev–Trinajstić information content (AvgIpc) is 3.05. The lowest BCUT2D eigenvalue weighted by Gasteiger charge is -2.07. The molecule has 0 saturated heterocycles. The van der Waals surface area contributed by atoms with Crippen molar-refractivity contribution in [2.75, 3.05) is 11.1 Å². The van der Waals surface area contributed by atoms with Crippen LogP contribution in [0.4, 0.5) is 10.1 Å². The maximum atomic E-state index is 13.1. The van der Waals surface area contributed by atoms with Crippen LogP contribution in [0.15, 0.2) is 52.1 Å². The summed E-state index contributed by atoms with van der Waals surface area (Å²) in [6, 6.07) is 11.2. The fourth-order valence-electron chi connectivity index (χ4n) is 2.09. The van der Waals surface area contributed by atoms with Gasteiger partial charge in [0.1, 0.15) is 5.82 Å². The molecule has 0 bridgehead atoms. The summed E-state index contributed by atoms with van der Waals surface area (Å²) in [7, 11) is 0. The fourth-order valence-corrected chi connectivity index (χ4v) is 2.84. The maximum absolute atomic E-state index is 13.1. The van der Waals surface area contributed by atoms with E-state index in [0.717, 1.165) is 11.8 Å². The Kier molecular flexibility index (Phi) is 5.35. The van der Waals surface area contributed by atoms with E-state index < -0.39 is 0 Å². The van der Waals surface area contributed by atoms with E-state index in [1.807, 2.05) is 0 Å². The normalized spacial score (nSPS) is 10.7. The van der Waals surface area contributed by atoms with Crippen molar-refractivity contribution >= 4 is 35.0 Å². The van der Waals surface area contributed by atoms with Gasteiger partial charge in [0.15, 0.2) is 0 Å². The minimum absolute atomic E-state index is 0.0913. The summed E-state index contributed by atoms with van der Waals surface area (Å²) in [6.07, 6.45) is 0. The van der Waals surface area contributed by atoms with Gasteiger partial charge in [-0.25, -0.2) is 4.39 Å². The zero-order valence-electron chi connectivity index (χ0n) is 13.1. The quantitative estimate of drug-likeness (QED) is 0.660. The highest BCUT2D eigenvalue weighted by Gasteiger charge is 2.12. The number of carbonyl (C=O) groups is 1. The monoisotopic (exact) mass is 377 g/mol. The van der Waals surface area contributed by atoms with Crippen molar-refractivity contribution in [3.63, 3.8) is 0 Å². The van der Waals surface area contributed by atoms with Crippen molar-refractivity contribution in [3.05, 3.63) is 58.9 Å². The summed E-state index contributed by atoms with van der Waals surface area (Å²) in [5.74, 6) is -0.167. The Hall–Kier alpha value is -2.38. The number of aryl methyl sites for hydroxylation is 1. The number of benzene rings is 2. The molecule has 3 rings (SSSR count). The topological polar surface area (TPSA) is 68.0 Å². The molecule has 128 valence electrons. The summed E-state index contributed by atoms with van der Waals surface area (Å²) in [5.41, 5.74) is 1.93. The first-order valence-electron chi connectivity index (χ1n) is 7.29. The number of nitrogens with zero attached hydrogens (tertiary/aromatic N) is 2. The molecule has 1 heterocycles. The van der Waals surface area contributed by atoms with Gasteiger partial charge in [-0.1, -0.05) is 29.4 Å². The van der Waals surface area contributed by atoms with Gasteiger partial charge in [-0.2, -0.15) is 0 Å². The summed E-state index contributed by atoms with van der Waals surface area (Å²) >= 11 is 7.05. The average molecular weight is 378 g/mol. The maximum Gasteiger partial charge on any atom is 0.277 e. The smallest absolute Gasteiger partial charge is 0.277 e. The Morgan fingerprint density at radius 2 is 2.12 bits per heavy atom. The van der Waals surface area contributed by atoms with Crippen LogP contribution in [0, 0.1) is 12.7 Å². The largest absolute Gasteiger partial charge is 0.411 e. The van der Waals surface area contributed by atoms with E-state index in [2.05, 4.69) is 15.5 Å². The lowest BCUT2D eigenvalue weighted by atomic mass is 10.2. The van der Waals surface area contributed by atoms with Gasteiger partial charge < -0.3 is 9.73 Å². The minimum Gasteiger partial charge on any atom is -0.411 e. The molecule has 1 N–H and O–H groups in total. The molecule has 0 unspecified atom stereocenters. The number of anilines is 1. The van der Waals surface area contributed by atoms with Gasteiger partial charge in [0.05, 0.1) is 5.75 Å². The number of aromatic nitrogens is 2. The van der Waals surface area contributed by atoms with Crippen molar-refractivity contribution in [3.8, 4) is 11.5 Å². The third kappa shape index (κ3) is 4.58. The van der Waals surface area contributed by atoms with E-state index in [1.54, 1.807) is 31.2 Å². The Morgan fingerprint density at radius 1 is 1.28 bits per heavy atom. The summed E-state index contributed by atoms with van der Waals surface area (Å²) in [4.78, 5) is 12.0. The molecule has 2 aromatic carbocycles. The van der Waals surface area contributed by atoms with E-state index in [9.17, 15) is 9.18 Å². The first-order valence-corrected chi connectivity index (χ1v) is 8.66. The number of nitrogens with one attached hydrogen (secondary N) is 1. The Morgan fingerprint density at radius 3 is 2.88 bits per heavy atom. The van der Waals surface area contributed by atoms with Gasteiger partial charge >= 0.3 is 0 Å². The lowest BCUT2D eigenvalue weighted by Crippen LogP contribution is -2.14. The third-order valence-corrected chi connectivity index (χ3v) is 4.32. The van der Waals surface area contributed by atoms with Crippen LogP contribution in [0.5, 0.6) is 0 Å². The van der Waals surface area contributed by atoms with Crippen molar-refractivity contribution in [2.24, 2.45) is 0 Å². The van der Waals surface area contributed by atoms with Crippen LogP contribution in [-0.4, -0.2) is 21.9 Å². The minimum atomic E-state index is -0.343. The summed E-state index contributed by atoms with van der Waals surface area (Å²) in [6.45, 7) is 1.72. The van der Waals surface area contributed by atoms with Gasteiger partial charge in [0.2, 0.25) is 11.8 Å². The van der Waals surface area contributed by atoms with Crippen LogP contribution in [0.25, 0.3) is 11.5 Å². The zero-order valence-corrected chi connectivity index (χ0v) is 14.7. The second-order valence-electron chi connectivity index (χ2n) is 5.18. The van der Waals surface area contributed by atoms with E-state index in [-0.39, 0.29) is 22.7 Å². The molecule has 3 aromatic rings. The van der Waals surface area contributed by atoms with Gasteiger partial charge in [-0.3, -0.25) is 4.79 Å². The van der Waals surface area contributed by atoms with E-state index in [1.165, 1.54) is 18.2 Å². The second kappa shape index (κ2) is 7.67. The predicted octanol–water partition coefficient (Wildman–Crippen LogP) is 4.57. The predicted molar refractivity (Wildman–Crippen MR) is 95.2 cm³/mol. The molecular weight excluding hydrogens is 365 g/mol. The highest BCUT2D eigenvalue weighted by Crippen LogP contribution is 2.25. The number of halogens is 2. The third-order valence-electron chi connectivity index (χ3n) is 3.27. The van der Waals surface area contributed by atoms with Gasteiger partial charge in [-0.15, -0.1) is 10.2 Å².